The highest BCUT2D eigenvalue weighted by Crippen LogP contribution is 2.40. The van der Waals surface area contributed by atoms with Gasteiger partial charge in [0.1, 0.15) is 0 Å². The summed E-state index contributed by atoms with van der Waals surface area (Å²) in [5.41, 5.74) is 11.0. The predicted molar refractivity (Wildman–Crippen MR) is 294 cm³/mol. The van der Waals surface area contributed by atoms with Crippen molar-refractivity contribution in [2.75, 3.05) is 4.81 Å². The first kappa shape index (κ1) is 41.3. The molecule has 0 unspecified atom stereocenters. The minimum absolute atomic E-state index is 0.0735. The third-order valence-electron chi connectivity index (χ3n) is 14.0. The van der Waals surface area contributed by atoms with E-state index in [1.54, 1.807) is 0 Å². The largest absolute Gasteiger partial charge is 0.376 e. The van der Waals surface area contributed by atoms with E-state index < -0.39 is 8.07 Å². The van der Waals surface area contributed by atoms with Crippen molar-refractivity contribution >= 4 is 79.8 Å². The molecule has 5 nitrogen and oxygen atoms in total. The van der Waals surface area contributed by atoms with Crippen molar-refractivity contribution in [3.05, 3.63) is 267 Å². The molecule has 7 heteroatoms. The van der Waals surface area contributed by atoms with Gasteiger partial charge in [-0.2, -0.15) is 9.97 Å². The van der Waals surface area contributed by atoms with Crippen LogP contribution in [0, 0.1) is 0 Å². The van der Waals surface area contributed by atoms with Gasteiger partial charge in [0.15, 0.2) is 19.7 Å². The molecule has 0 fully saturated rings. The van der Waals surface area contributed by atoms with Gasteiger partial charge in [-0.25, -0.2) is 4.98 Å². The Labute approximate surface area is 408 Å². The second-order valence-electron chi connectivity index (χ2n) is 17.9. The molecular formula is C63H44BN5Si. The van der Waals surface area contributed by atoms with Gasteiger partial charge < -0.3 is 4.81 Å². The van der Waals surface area contributed by atoms with Crippen molar-refractivity contribution in [2.24, 2.45) is 0 Å². The number of hydrogen-bond donors (Lipinski definition) is 0. The average molecular weight is 910 g/mol. The second-order valence-corrected chi connectivity index (χ2v) is 21.7. The van der Waals surface area contributed by atoms with Crippen LogP contribution in [0.1, 0.15) is 0 Å². The molecule has 0 N–H and O–H groups in total. The lowest BCUT2D eigenvalue weighted by Crippen LogP contribution is -2.74. The maximum atomic E-state index is 5.49. The summed E-state index contributed by atoms with van der Waals surface area (Å²) in [6.45, 7) is -0.0735. The van der Waals surface area contributed by atoms with Crippen LogP contribution < -0.4 is 36.5 Å². The molecule has 0 bridgehead atoms. The highest BCUT2D eigenvalue weighted by molar-refractivity contribution is 7.20. The summed E-state index contributed by atoms with van der Waals surface area (Å²) >= 11 is 0. The lowest BCUT2D eigenvalue weighted by molar-refractivity contribution is 0.953. The Balaban J connectivity index is 1.04. The number of hydrogen-bond acceptors (Lipinski definition) is 4. The number of fused-ring (bicyclic) bond motifs is 6. The monoisotopic (exact) mass is 909 g/mol. The summed E-state index contributed by atoms with van der Waals surface area (Å²) in [5, 5.41) is 7.45. The van der Waals surface area contributed by atoms with Gasteiger partial charge in [0.2, 0.25) is 5.95 Å². The van der Waals surface area contributed by atoms with Gasteiger partial charge in [0, 0.05) is 38.8 Å². The average Bonchev–Trinajstić information content (AvgIpc) is 3.78. The Morgan fingerprint density at radius 2 is 0.829 bits per heavy atom. The molecule has 0 aliphatic carbocycles. The molecule has 3 heterocycles. The third-order valence-corrected chi connectivity index (χ3v) is 18.8. The third kappa shape index (κ3) is 6.81. The first-order valence-electron chi connectivity index (χ1n) is 23.9. The Bertz CT molecular complexity index is 3710. The van der Waals surface area contributed by atoms with Gasteiger partial charge in [-0.3, -0.25) is 4.57 Å². The molecule has 0 saturated carbocycles. The Hall–Kier alpha value is -8.91. The van der Waals surface area contributed by atoms with Crippen LogP contribution in [-0.2, 0) is 0 Å². The molecule has 0 spiro atoms. The van der Waals surface area contributed by atoms with Crippen LogP contribution in [0.25, 0.3) is 61.7 Å². The Morgan fingerprint density at radius 1 is 0.357 bits per heavy atom. The van der Waals surface area contributed by atoms with Crippen molar-refractivity contribution in [1.29, 1.82) is 0 Å². The second kappa shape index (κ2) is 17.3. The topological polar surface area (TPSA) is 46.8 Å². The zero-order valence-electron chi connectivity index (χ0n) is 38.2. The van der Waals surface area contributed by atoms with Gasteiger partial charge in [-0.05, 0) is 62.1 Å². The minimum atomic E-state index is -2.88. The summed E-state index contributed by atoms with van der Waals surface area (Å²) in [7, 11) is -2.88. The van der Waals surface area contributed by atoms with E-state index in [0.29, 0.717) is 17.6 Å². The highest BCUT2D eigenvalue weighted by atomic mass is 28.3. The number of nitrogens with zero attached hydrogens (tertiary/aromatic N) is 5. The lowest BCUT2D eigenvalue weighted by atomic mass is 9.46. The molecule has 1 aliphatic rings. The smallest absolute Gasteiger partial charge is 0.328 e. The maximum absolute atomic E-state index is 5.49. The van der Waals surface area contributed by atoms with Crippen molar-refractivity contribution in [3.8, 4) is 39.9 Å². The van der Waals surface area contributed by atoms with Crippen molar-refractivity contribution < 1.29 is 0 Å². The van der Waals surface area contributed by atoms with Crippen molar-refractivity contribution in [3.63, 3.8) is 0 Å². The molecule has 2 aromatic heterocycles. The first-order valence-corrected chi connectivity index (χ1v) is 25.9. The number of aromatic nitrogens is 4. The summed E-state index contributed by atoms with van der Waals surface area (Å²) in [4.78, 5) is 18.9. The number of rotatable bonds is 9. The molecule has 70 heavy (non-hydrogen) atoms. The Kier molecular flexibility index (Phi) is 10.2. The van der Waals surface area contributed by atoms with E-state index in [1.807, 2.05) is 0 Å². The molecule has 1 aliphatic heterocycles. The molecule has 0 amide bonds. The van der Waals surface area contributed by atoms with E-state index in [-0.39, 0.29) is 6.85 Å². The van der Waals surface area contributed by atoms with Gasteiger partial charge in [-0.15, -0.1) is 0 Å². The molecule has 10 aromatic carbocycles. The van der Waals surface area contributed by atoms with E-state index in [0.717, 1.165) is 44.3 Å². The van der Waals surface area contributed by atoms with Crippen LogP contribution in [0.3, 0.4) is 0 Å². The van der Waals surface area contributed by atoms with Crippen LogP contribution in [0.15, 0.2) is 267 Å². The fourth-order valence-corrected chi connectivity index (χ4v) is 15.8. The molecule has 0 radical (unpaired) electrons. The molecule has 0 atom stereocenters. The fourth-order valence-electron chi connectivity index (χ4n) is 11.0. The fraction of sp³-hybridized carbons (Fsp3) is 0. The number of benzene rings is 10. The van der Waals surface area contributed by atoms with Crippen LogP contribution in [-0.4, -0.2) is 34.4 Å². The highest BCUT2D eigenvalue weighted by Gasteiger charge is 2.42. The Morgan fingerprint density at radius 3 is 1.44 bits per heavy atom. The van der Waals surface area contributed by atoms with Crippen LogP contribution >= 0.6 is 0 Å². The molecule has 0 saturated heterocycles. The van der Waals surface area contributed by atoms with Gasteiger partial charge in [0.05, 0.1) is 11.0 Å². The number of anilines is 2. The first-order chi connectivity index (χ1) is 34.7. The molecule has 328 valence electrons. The lowest BCUT2D eigenvalue weighted by Gasteiger charge is -2.39. The molecular weight excluding hydrogens is 866 g/mol. The standard InChI is InChI=1S/C63H44BN5Si/c1-5-25-47(26-6-1)64-57-39-17-13-35-53(57)54-36-16-20-42-60(54)69(64)48-27-21-23-45(43-48)61-65-62(67-63(66-61)68-58-40-18-14-37-55(58)56-38-15-19-41-59(56)68)46-24-22-34-52(44-46)70(49-28-7-2-8-29-49,50-30-9-3-10-31-50)51-32-11-4-12-33-51/h1-44H. The van der Waals surface area contributed by atoms with E-state index in [9.17, 15) is 0 Å². The van der Waals surface area contributed by atoms with Crippen molar-refractivity contribution in [1.82, 2.24) is 19.5 Å². The van der Waals surface area contributed by atoms with Gasteiger partial charge in [-0.1, -0.05) is 242 Å². The van der Waals surface area contributed by atoms with E-state index in [1.165, 1.54) is 42.8 Å². The normalized spacial score (nSPS) is 12.2. The zero-order chi connectivity index (χ0) is 46.4. The van der Waals surface area contributed by atoms with Gasteiger partial charge >= 0.3 is 6.85 Å². The summed E-state index contributed by atoms with van der Waals surface area (Å²) in [5.74, 6) is 1.75. The van der Waals surface area contributed by atoms with Crippen LogP contribution in [0.5, 0.6) is 0 Å². The van der Waals surface area contributed by atoms with E-state index in [4.69, 9.17) is 15.0 Å². The van der Waals surface area contributed by atoms with Gasteiger partial charge in [0.25, 0.3) is 0 Å². The zero-order valence-corrected chi connectivity index (χ0v) is 39.2. The van der Waals surface area contributed by atoms with E-state index in [2.05, 4.69) is 276 Å². The quantitative estimate of drug-likeness (QED) is 0.107. The predicted octanol–water partition coefficient (Wildman–Crippen LogP) is 10.6. The van der Waals surface area contributed by atoms with Crippen LogP contribution in [0.4, 0.5) is 11.4 Å². The number of para-hydroxylation sites is 3. The summed E-state index contributed by atoms with van der Waals surface area (Å²) in [6, 6.07) is 96.3. The maximum Gasteiger partial charge on any atom is 0.328 e. The summed E-state index contributed by atoms with van der Waals surface area (Å²) in [6.07, 6.45) is 0. The SMILES string of the molecule is c1ccc(B2c3ccccc3-c3ccccc3N2c2cccc(-c3nc(-c4cccc([Si](c5ccccc5)(c5ccccc5)c5ccccc5)c4)nc(-n4c5ccccc5c5ccccc54)n3)c2)cc1. The summed E-state index contributed by atoms with van der Waals surface area (Å²) < 4.78 is 2.20. The van der Waals surface area contributed by atoms with Crippen LogP contribution in [0.2, 0.25) is 0 Å². The molecule has 13 rings (SSSR count). The molecule has 12 aromatic rings. The minimum Gasteiger partial charge on any atom is -0.376 e. The van der Waals surface area contributed by atoms with Crippen molar-refractivity contribution in [2.45, 2.75) is 0 Å². The van der Waals surface area contributed by atoms with E-state index >= 15 is 0 Å².